The van der Waals surface area contributed by atoms with Gasteiger partial charge >= 0.3 is 0 Å². The maximum absolute atomic E-state index is 13.8. The second-order valence-corrected chi connectivity index (χ2v) is 9.57. The van der Waals surface area contributed by atoms with Crippen molar-refractivity contribution in [1.82, 2.24) is 9.80 Å². The van der Waals surface area contributed by atoms with Gasteiger partial charge in [-0.2, -0.15) is 0 Å². The highest BCUT2D eigenvalue weighted by atomic mass is 16.6. The molecule has 3 aromatic carbocycles. The van der Waals surface area contributed by atoms with Crippen LogP contribution < -0.4 is 0 Å². The zero-order valence-electron chi connectivity index (χ0n) is 19.8. The number of non-ortho nitro benzene ring substituents is 1. The maximum atomic E-state index is 13.8. The number of hydrogen-bond donors (Lipinski definition) is 0. The number of nitro groups is 1. The summed E-state index contributed by atoms with van der Waals surface area (Å²) < 4.78 is 0. The third kappa shape index (κ3) is 3.64. The molecule has 6 rings (SSSR count). The standard InChI is InChI=1S/C29H23N3O5/c33-27(20-10-12-21(13-11-20)32(36)37)26-24-23(25-22-9-5-4-8-19(22)15-17-30(25)26)28(34)31(29(24)35)16-14-18-6-2-1-3-7-18/h1-13,15,17,23-26H,14,16H2/t23-,24-,25-,26+/m1/s1. The Morgan fingerprint density at radius 1 is 0.865 bits per heavy atom. The quantitative estimate of drug-likeness (QED) is 0.222. The molecule has 8 heteroatoms. The van der Waals surface area contributed by atoms with Crippen molar-refractivity contribution < 1.29 is 19.3 Å². The minimum absolute atomic E-state index is 0.121. The van der Waals surface area contributed by atoms with E-state index in [0.717, 1.165) is 16.7 Å². The van der Waals surface area contributed by atoms with Gasteiger partial charge in [-0.3, -0.25) is 29.4 Å². The minimum atomic E-state index is -0.890. The molecule has 0 aliphatic carbocycles. The highest BCUT2D eigenvalue weighted by molar-refractivity contribution is 6.12. The van der Waals surface area contributed by atoms with Crippen molar-refractivity contribution in [3.63, 3.8) is 0 Å². The van der Waals surface area contributed by atoms with Gasteiger partial charge in [0.05, 0.1) is 22.8 Å². The van der Waals surface area contributed by atoms with Crippen LogP contribution >= 0.6 is 0 Å². The Labute approximate surface area is 213 Å². The van der Waals surface area contributed by atoms with Crippen LogP contribution in [0.4, 0.5) is 5.69 Å². The van der Waals surface area contributed by atoms with E-state index < -0.39 is 28.8 Å². The van der Waals surface area contributed by atoms with Crippen molar-refractivity contribution in [1.29, 1.82) is 0 Å². The van der Waals surface area contributed by atoms with Gasteiger partial charge in [-0.1, -0.05) is 54.6 Å². The third-order valence-electron chi connectivity index (χ3n) is 7.65. The largest absolute Gasteiger partial charge is 0.358 e. The van der Waals surface area contributed by atoms with Crippen LogP contribution in [0, 0.1) is 22.0 Å². The molecule has 4 atom stereocenters. The Bertz CT molecular complexity index is 1450. The van der Waals surface area contributed by atoms with Crippen LogP contribution in [0.15, 0.2) is 85.1 Å². The van der Waals surface area contributed by atoms with Gasteiger partial charge in [0.15, 0.2) is 5.78 Å². The first kappa shape index (κ1) is 22.8. The molecule has 3 aromatic rings. The van der Waals surface area contributed by atoms with Crippen LogP contribution in [0.3, 0.4) is 0 Å². The molecule has 0 spiro atoms. The normalized spacial score (nSPS) is 23.6. The van der Waals surface area contributed by atoms with Gasteiger partial charge in [-0.25, -0.2) is 0 Å². The molecule has 2 amide bonds. The van der Waals surface area contributed by atoms with Gasteiger partial charge in [0.25, 0.3) is 5.69 Å². The number of imide groups is 1. The van der Waals surface area contributed by atoms with Crippen LogP contribution in [0.25, 0.3) is 6.08 Å². The SMILES string of the molecule is O=C(c1ccc([N+](=O)[O-])cc1)[C@@H]1[C@@H]2C(=O)N(CCc3ccccc3)C(=O)[C@H]2[C@H]2c3ccccc3C=CN12. The van der Waals surface area contributed by atoms with E-state index in [4.69, 9.17) is 0 Å². The van der Waals surface area contributed by atoms with Crippen molar-refractivity contribution in [2.24, 2.45) is 11.8 Å². The zero-order valence-corrected chi connectivity index (χ0v) is 19.8. The number of amides is 2. The Balaban J connectivity index is 1.38. The average Bonchev–Trinajstić information content (AvgIpc) is 3.40. The average molecular weight is 494 g/mol. The first-order valence-corrected chi connectivity index (χ1v) is 12.2. The van der Waals surface area contributed by atoms with E-state index in [-0.39, 0.29) is 35.4 Å². The molecule has 3 heterocycles. The summed E-state index contributed by atoms with van der Waals surface area (Å²) in [5.41, 5.74) is 3.03. The molecule has 0 unspecified atom stereocenters. The molecule has 3 aliphatic rings. The Hall–Kier alpha value is -4.59. The lowest BCUT2D eigenvalue weighted by Gasteiger charge is -2.35. The van der Waals surface area contributed by atoms with E-state index in [9.17, 15) is 24.5 Å². The smallest absolute Gasteiger partial charge is 0.269 e. The maximum Gasteiger partial charge on any atom is 0.269 e. The molecule has 3 aliphatic heterocycles. The molecule has 2 fully saturated rings. The molecular weight excluding hydrogens is 470 g/mol. The van der Waals surface area contributed by atoms with Crippen molar-refractivity contribution >= 4 is 29.4 Å². The lowest BCUT2D eigenvalue weighted by Crippen LogP contribution is -2.44. The number of benzene rings is 3. The number of Topliss-reactive ketones (excluding diaryl/α,β-unsaturated/α-hetero) is 1. The van der Waals surface area contributed by atoms with Gasteiger partial charge in [0.1, 0.15) is 6.04 Å². The molecule has 0 saturated carbocycles. The number of ketones is 1. The number of rotatable bonds is 6. The molecule has 0 bridgehead atoms. The van der Waals surface area contributed by atoms with Crippen LogP contribution in [0.1, 0.15) is 33.1 Å². The number of carbonyl (C=O) groups is 3. The highest BCUT2D eigenvalue weighted by Gasteiger charge is 2.64. The van der Waals surface area contributed by atoms with Gasteiger partial charge in [-0.15, -0.1) is 0 Å². The van der Waals surface area contributed by atoms with E-state index in [1.807, 2.05) is 65.6 Å². The van der Waals surface area contributed by atoms with Gasteiger partial charge < -0.3 is 4.90 Å². The van der Waals surface area contributed by atoms with Gasteiger partial charge in [0.2, 0.25) is 11.8 Å². The number of carbonyl (C=O) groups excluding carboxylic acids is 3. The molecule has 0 N–H and O–H groups in total. The number of likely N-dealkylation sites (tertiary alicyclic amines) is 1. The van der Waals surface area contributed by atoms with Crippen molar-refractivity contribution in [2.45, 2.75) is 18.5 Å². The summed E-state index contributed by atoms with van der Waals surface area (Å²) in [6.07, 6.45) is 4.23. The highest BCUT2D eigenvalue weighted by Crippen LogP contribution is 2.53. The molecule has 184 valence electrons. The summed E-state index contributed by atoms with van der Waals surface area (Å²) in [5, 5.41) is 11.1. The van der Waals surface area contributed by atoms with E-state index in [1.165, 1.54) is 29.2 Å². The fourth-order valence-corrected chi connectivity index (χ4v) is 5.94. The molecule has 2 saturated heterocycles. The summed E-state index contributed by atoms with van der Waals surface area (Å²) in [5.74, 6) is -2.47. The Kier molecular flexibility index (Phi) is 5.44. The molecule has 0 radical (unpaired) electrons. The minimum Gasteiger partial charge on any atom is -0.358 e. The van der Waals surface area contributed by atoms with Crippen molar-refractivity contribution in [3.8, 4) is 0 Å². The second-order valence-electron chi connectivity index (χ2n) is 9.57. The van der Waals surface area contributed by atoms with Crippen molar-refractivity contribution in [2.75, 3.05) is 6.54 Å². The lowest BCUT2D eigenvalue weighted by molar-refractivity contribution is -0.384. The molecular formula is C29H23N3O5. The predicted molar refractivity (Wildman–Crippen MR) is 135 cm³/mol. The summed E-state index contributed by atoms with van der Waals surface area (Å²) in [6, 6.07) is 21.4. The van der Waals surface area contributed by atoms with Gasteiger partial charge in [-0.05, 0) is 41.3 Å². The monoisotopic (exact) mass is 493 g/mol. The Morgan fingerprint density at radius 3 is 2.27 bits per heavy atom. The topological polar surface area (TPSA) is 101 Å². The summed E-state index contributed by atoms with van der Waals surface area (Å²) in [6.45, 7) is 0.247. The Morgan fingerprint density at radius 2 is 1.54 bits per heavy atom. The fraction of sp³-hybridized carbons (Fsp3) is 0.207. The number of fused-ring (bicyclic) bond motifs is 5. The molecule has 0 aromatic heterocycles. The number of hydrogen-bond acceptors (Lipinski definition) is 6. The van der Waals surface area contributed by atoms with Crippen LogP contribution in [-0.4, -0.2) is 44.9 Å². The van der Waals surface area contributed by atoms with Crippen LogP contribution in [-0.2, 0) is 16.0 Å². The summed E-state index contributed by atoms with van der Waals surface area (Å²) >= 11 is 0. The van der Waals surface area contributed by atoms with Crippen LogP contribution in [0.5, 0.6) is 0 Å². The number of nitro benzene ring substituents is 1. The fourth-order valence-electron chi connectivity index (χ4n) is 5.94. The van der Waals surface area contributed by atoms with E-state index in [0.29, 0.717) is 6.42 Å². The van der Waals surface area contributed by atoms with Crippen LogP contribution in [0.2, 0.25) is 0 Å². The zero-order chi connectivity index (χ0) is 25.7. The first-order valence-electron chi connectivity index (χ1n) is 12.2. The number of nitrogens with zero attached hydrogens (tertiary/aromatic N) is 3. The molecule has 37 heavy (non-hydrogen) atoms. The lowest BCUT2D eigenvalue weighted by atomic mass is 9.83. The summed E-state index contributed by atoms with van der Waals surface area (Å²) in [7, 11) is 0. The van der Waals surface area contributed by atoms with E-state index in [1.54, 1.807) is 6.20 Å². The van der Waals surface area contributed by atoms with Crippen molar-refractivity contribution in [3.05, 3.63) is 117 Å². The van der Waals surface area contributed by atoms with E-state index in [2.05, 4.69) is 0 Å². The summed E-state index contributed by atoms with van der Waals surface area (Å²) in [4.78, 5) is 55.1. The molecule has 8 nitrogen and oxygen atoms in total. The second kappa shape index (κ2) is 8.81. The predicted octanol–water partition coefficient (Wildman–Crippen LogP) is 4.03. The van der Waals surface area contributed by atoms with E-state index >= 15 is 0 Å². The third-order valence-corrected chi connectivity index (χ3v) is 7.65. The first-order chi connectivity index (χ1) is 18.0. The van der Waals surface area contributed by atoms with Gasteiger partial charge in [0, 0.05) is 30.4 Å².